The van der Waals surface area contributed by atoms with Crippen LogP contribution in [0, 0.1) is 13.8 Å². The number of aldehydes is 2. The third-order valence-corrected chi connectivity index (χ3v) is 3.41. The third kappa shape index (κ3) is 4.51. The van der Waals surface area contributed by atoms with Crippen LogP contribution in [0.2, 0.25) is 0 Å². The van der Waals surface area contributed by atoms with E-state index < -0.39 is 0 Å². The number of ether oxygens (including phenoxy) is 1. The topological polar surface area (TPSA) is 43.4 Å². The lowest BCUT2D eigenvalue weighted by Gasteiger charge is -2.03. The van der Waals surface area contributed by atoms with Gasteiger partial charge in [-0.3, -0.25) is 9.59 Å². The van der Waals surface area contributed by atoms with Crippen LogP contribution in [0.1, 0.15) is 22.3 Å². The predicted molar refractivity (Wildman–Crippen MR) is 91.5 cm³/mol. The van der Waals surface area contributed by atoms with Crippen molar-refractivity contribution in [2.75, 3.05) is 0 Å². The first-order valence-corrected chi connectivity index (χ1v) is 7.24. The largest absolute Gasteiger partial charge is 0.471 e. The van der Waals surface area contributed by atoms with Crippen LogP contribution < -0.4 is 0 Å². The van der Waals surface area contributed by atoms with Crippen molar-refractivity contribution in [1.82, 2.24) is 0 Å². The van der Waals surface area contributed by atoms with Crippen LogP contribution in [-0.4, -0.2) is 12.6 Å². The fourth-order valence-corrected chi connectivity index (χ4v) is 2.00. The highest BCUT2D eigenvalue weighted by Gasteiger charge is 2.02. The van der Waals surface area contributed by atoms with Crippen molar-refractivity contribution in [1.29, 1.82) is 0 Å². The second-order valence-electron chi connectivity index (χ2n) is 5.25. The molecule has 0 N–H and O–H groups in total. The number of allylic oxidation sites excluding steroid dienone is 2. The average Bonchev–Trinajstić information content (AvgIpc) is 2.57. The fraction of sp³-hybridized carbons (Fsp3) is 0.100. The summed E-state index contributed by atoms with van der Waals surface area (Å²) in [6.07, 6.45) is 4.14. The molecule has 0 radical (unpaired) electrons. The molecule has 0 aliphatic carbocycles. The summed E-state index contributed by atoms with van der Waals surface area (Å²) in [6.45, 7) is 3.95. The number of carbonyl (C=O) groups is 2. The van der Waals surface area contributed by atoms with Gasteiger partial charge in [-0.15, -0.1) is 0 Å². The van der Waals surface area contributed by atoms with Gasteiger partial charge in [-0.05, 0) is 25.0 Å². The SMILES string of the molecule is Cc1ccc(/C(C=O)=C\O/C=C(/C=O)c2ccc(C)cc2)cc1. The van der Waals surface area contributed by atoms with Crippen molar-refractivity contribution < 1.29 is 14.3 Å². The minimum absolute atomic E-state index is 0.412. The van der Waals surface area contributed by atoms with Gasteiger partial charge >= 0.3 is 0 Å². The molecule has 0 saturated heterocycles. The molecule has 0 bridgehead atoms. The Bertz CT molecular complexity index is 670. The molecule has 0 aromatic heterocycles. The Balaban J connectivity index is 2.18. The molecule has 2 rings (SSSR count). The first-order chi connectivity index (χ1) is 11.1. The second-order valence-corrected chi connectivity index (χ2v) is 5.25. The molecule has 0 atom stereocenters. The molecular weight excluding hydrogens is 288 g/mol. The molecule has 2 aromatic carbocycles. The van der Waals surface area contributed by atoms with E-state index >= 15 is 0 Å². The molecule has 0 fully saturated rings. The van der Waals surface area contributed by atoms with Crippen LogP contribution >= 0.6 is 0 Å². The predicted octanol–water partition coefficient (Wildman–Crippen LogP) is 4.10. The summed E-state index contributed by atoms with van der Waals surface area (Å²) in [4.78, 5) is 22.4. The van der Waals surface area contributed by atoms with Crippen LogP contribution in [0.4, 0.5) is 0 Å². The van der Waals surface area contributed by atoms with Crippen LogP contribution in [-0.2, 0) is 14.3 Å². The standard InChI is InChI=1S/C20H18O3/c1-15-3-7-17(8-4-15)19(11-21)13-23-14-20(12-22)18-9-5-16(2)6-10-18/h3-14H,1-2H3/b19-13-,20-14-. The van der Waals surface area contributed by atoms with Crippen LogP contribution in [0.25, 0.3) is 11.1 Å². The van der Waals surface area contributed by atoms with Crippen LogP contribution in [0.5, 0.6) is 0 Å². The molecule has 0 saturated carbocycles. The zero-order valence-corrected chi connectivity index (χ0v) is 13.2. The molecule has 0 aliphatic rings. The van der Waals surface area contributed by atoms with Crippen molar-refractivity contribution >= 4 is 23.7 Å². The summed E-state index contributed by atoms with van der Waals surface area (Å²) in [5.74, 6) is 0. The van der Waals surface area contributed by atoms with E-state index in [1.54, 1.807) is 0 Å². The van der Waals surface area contributed by atoms with Crippen LogP contribution in [0.15, 0.2) is 61.1 Å². The minimum Gasteiger partial charge on any atom is -0.471 e. The first kappa shape index (κ1) is 16.4. The highest BCUT2D eigenvalue weighted by Crippen LogP contribution is 2.16. The van der Waals surface area contributed by atoms with Gasteiger partial charge in [-0.2, -0.15) is 0 Å². The zero-order chi connectivity index (χ0) is 16.7. The molecule has 2 aromatic rings. The van der Waals surface area contributed by atoms with Gasteiger partial charge in [0.05, 0.1) is 11.1 Å². The maximum Gasteiger partial charge on any atom is 0.153 e. The number of benzene rings is 2. The lowest BCUT2D eigenvalue weighted by atomic mass is 10.1. The Morgan fingerprint density at radius 2 is 1.04 bits per heavy atom. The summed E-state index contributed by atoms with van der Waals surface area (Å²) >= 11 is 0. The van der Waals surface area contributed by atoms with E-state index in [1.165, 1.54) is 12.5 Å². The van der Waals surface area contributed by atoms with Gasteiger partial charge in [0.2, 0.25) is 0 Å². The van der Waals surface area contributed by atoms with Gasteiger partial charge in [0, 0.05) is 0 Å². The Hall–Kier alpha value is -2.94. The molecule has 0 aliphatic heterocycles. The van der Waals surface area contributed by atoms with E-state index in [1.807, 2.05) is 62.4 Å². The summed E-state index contributed by atoms with van der Waals surface area (Å²) < 4.78 is 5.32. The van der Waals surface area contributed by atoms with E-state index in [-0.39, 0.29) is 0 Å². The maximum atomic E-state index is 11.2. The summed E-state index contributed by atoms with van der Waals surface area (Å²) in [6, 6.07) is 15.1. The molecule has 23 heavy (non-hydrogen) atoms. The number of hydrogen-bond donors (Lipinski definition) is 0. The molecular formula is C20H18O3. The monoisotopic (exact) mass is 306 g/mol. The molecule has 116 valence electrons. The average molecular weight is 306 g/mol. The smallest absolute Gasteiger partial charge is 0.153 e. The lowest BCUT2D eigenvalue weighted by molar-refractivity contribution is -0.104. The van der Waals surface area contributed by atoms with E-state index in [4.69, 9.17) is 4.74 Å². The number of rotatable bonds is 6. The summed E-state index contributed by atoms with van der Waals surface area (Å²) in [5, 5.41) is 0. The van der Waals surface area contributed by atoms with E-state index in [9.17, 15) is 9.59 Å². The number of hydrogen-bond acceptors (Lipinski definition) is 3. The van der Waals surface area contributed by atoms with Gasteiger partial charge in [0.15, 0.2) is 12.6 Å². The number of aryl methyl sites for hydroxylation is 2. The number of carbonyl (C=O) groups excluding carboxylic acids is 2. The third-order valence-electron chi connectivity index (χ3n) is 3.41. The van der Waals surface area contributed by atoms with E-state index in [0.29, 0.717) is 11.1 Å². The summed E-state index contributed by atoms with van der Waals surface area (Å²) in [5.41, 5.74) is 4.58. The molecule has 3 nitrogen and oxygen atoms in total. The molecule has 0 heterocycles. The Labute approximate surface area is 135 Å². The minimum atomic E-state index is 0.412. The van der Waals surface area contributed by atoms with Crippen molar-refractivity contribution in [3.05, 3.63) is 83.3 Å². The second kappa shape index (κ2) is 7.90. The highest BCUT2D eigenvalue weighted by molar-refractivity contribution is 6.07. The Morgan fingerprint density at radius 1 is 0.696 bits per heavy atom. The fourth-order valence-electron chi connectivity index (χ4n) is 2.00. The normalized spacial score (nSPS) is 11.9. The van der Waals surface area contributed by atoms with Gasteiger partial charge < -0.3 is 4.74 Å². The molecule has 0 spiro atoms. The van der Waals surface area contributed by atoms with Gasteiger partial charge in [0.25, 0.3) is 0 Å². The maximum absolute atomic E-state index is 11.2. The van der Waals surface area contributed by atoms with Crippen molar-refractivity contribution in [2.24, 2.45) is 0 Å². The van der Waals surface area contributed by atoms with Gasteiger partial charge in [0.1, 0.15) is 12.5 Å². The van der Waals surface area contributed by atoms with Crippen molar-refractivity contribution in [3.63, 3.8) is 0 Å². The molecule has 0 amide bonds. The van der Waals surface area contributed by atoms with Crippen LogP contribution in [0.3, 0.4) is 0 Å². The lowest BCUT2D eigenvalue weighted by Crippen LogP contribution is -1.89. The van der Waals surface area contributed by atoms with Gasteiger partial charge in [-0.25, -0.2) is 0 Å². The highest BCUT2D eigenvalue weighted by atomic mass is 16.5. The first-order valence-electron chi connectivity index (χ1n) is 7.24. The van der Waals surface area contributed by atoms with Crippen molar-refractivity contribution in [3.8, 4) is 0 Å². The van der Waals surface area contributed by atoms with Crippen molar-refractivity contribution in [2.45, 2.75) is 13.8 Å². The van der Waals surface area contributed by atoms with Gasteiger partial charge in [-0.1, -0.05) is 59.7 Å². The Kier molecular flexibility index (Phi) is 5.64. The summed E-state index contributed by atoms with van der Waals surface area (Å²) in [7, 11) is 0. The quantitative estimate of drug-likeness (QED) is 0.458. The van der Waals surface area contributed by atoms with E-state index in [2.05, 4.69) is 0 Å². The zero-order valence-electron chi connectivity index (χ0n) is 13.2. The van der Waals surface area contributed by atoms with E-state index in [0.717, 1.165) is 34.8 Å². The molecule has 3 heteroatoms. The molecule has 0 unspecified atom stereocenters. The Morgan fingerprint density at radius 3 is 1.35 bits per heavy atom.